The van der Waals surface area contributed by atoms with Crippen LogP contribution in [0.4, 0.5) is 0 Å². The number of nitrogens with zero attached hydrogens (tertiary/aromatic N) is 2. The summed E-state index contributed by atoms with van der Waals surface area (Å²) in [4.78, 5) is 7.00. The van der Waals surface area contributed by atoms with Gasteiger partial charge in [0.15, 0.2) is 5.69 Å². The first-order valence-electron chi connectivity index (χ1n) is 4.87. The molecule has 14 heavy (non-hydrogen) atoms. The molecule has 1 aliphatic rings. The maximum Gasteiger partial charge on any atom is 0.377 e. The Morgan fingerprint density at radius 2 is 2.07 bits per heavy atom. The number of aromatic nitrogens is 1. The number of hydrogen-bond acceptors (Lipinski definition) is 3. The third kappa shape index (κ3) is 2.19. The summed E-state index contributed by atoms with van der Waals surface area (Å²) < 4.78 is 7.62. The van der Waals surface area contributed by atoms with E-state index in [2.05, 4.69) is 22.5 Å². The minimum absolute atomic E-state index is 0.821. The van der Waals surface area contributed by atoms with E-state index >= 15 is 0 Å². The van der Waals surface area contributed by atoms with Crippen molar-refractivity contribution in [1.29, 1.82) is 0 Å². The molecule has 0 atom stereocenters. The molecule has 0 saturated carbocycles. The topological polar surface area (TPSA) is 25.1 Å². The Balaban J connectivity index is 2.46. The van der Waals surface area contributed by atoms with Crippen LogP contribution in [-0.4, -0.2) is 31.3 Å². The molecule has 4 heteroatoms. The van der Waals surface area contributed by atoms with Gasteiger partial charge in [-0.1, -0.05) is 11.3 Å². The Morgan fingerprint density at radius 3 is 2.71 bits per heavy atom. The minimum atomic E-state index is 0.821. The van der Waals surface area contributed by atoms with Crippen molar-refractivity contribution in [3.8, 4) is 0 Å². The van der Waals surface area contributed by atoms with Crippen LogP contribution in [0.25, 0.3) is 0 Å². The van der Waals surface area contributed by atoms with Gasteiger partial charge in [0.25, 0.3) is 0 Å². The first kappa shape index (κ1) is 9.80. The van der Waals surface area contributed by atoms with Crippen LogP contribution >= 0.6 is 11.3 Å². The van der Waals surface area contributed by atoms with Crippen LogP contribution in [0, 0.1) is 13.8 Å². The highest BCUT2D eigenvalue weighted by Crippen LogP contribution is 2.00. The highest BCUT2D eigenvalue weighted by molar-refractivity contribution is 7.08. The van der Waals surface area contributed by atoms with Crippen molar-refractivity contribution < 1.29 is 4.74 Å². The number of hydrogen-bond donors (Lipinski definition) is 0. The molecule has 1 aromatic rings. The summed E-state index contributed by atoms with van der Waals surface area (Å²) in [6.07, 6.45) is 0. The molecule has 1 aromatic heterocycles. The molecule has 1 fully saturated rings. The molecular formula is C10H15N2OS+. The SMILES string of the molecule is Cc1cc(C)sc(=[N+]2CCOCC2)n1. The van der Waals surface area contributed by atoms with E-state index in [0.29, 0.717) is 0 Å². The van der Waals surface area contributed by atoms with E-state index in [1.807, 2.05) is 6.92 Å². The van der Waals surface area contributed by atoms with Gasteiger partial charge in [0.2, 0.25) is 0 Å². The van der Waals surface area contributed by atoms with Crippen LogP contribution in [0.3, 0.4) is 0 Å². The van der Waals surface area contributed by atoms with Gasteiger partial charge in [0.1, 0.15) is 13.1 Å². The van der Waals surface area contributed by atoms with E-state index in [1.54, 1.807) is 11.3 Å². The van der Waals surface area contributed by atoms with Gasteiger partial charge in [-0.05, 0) is 18.0 Å². The van der Waals surface area contributed by atoms with Gasteiger partial charge >= 0.3 is 4.80 Å². The molecule has 0 spiro atoms. The van der Waals surface area contributed by atoms with Crippen LogP contribution in [-0.2, 0) is 4.74 Å². The summed E-state index contributed by atoms with van der Waals surface area (Å²) in [5.74, 6) is 0. The monoisotopic (exact) mass is 211 g/mol. The fourth-order valence-corrected chi connectivity index (χ4v) is 2.58. The van der Waals surface area contributed by atoms with Crippen molar-refractivity contribution in [2.75, 3.05) is 26.3 Å². The molecule has 2 rings (SSSR count). The molecule has 1 saturated heterocycles. The van der Waals surface area contributed by atoms with E-state index in [9.17, 15) is 0 Å². The first-order valence-corrected chi connectivity index (χ1v) is 5.68. The zero-order chi connectivity index (χ0) is 9.97. The maximum absolute atomic E-state index is 5.32. The van der Waals surface area contributed by atoms with E-state index < -0.39 is 0 Å². The van der Waals surface area contributed by atoms with E-state index in [0.717, 1.165) is 36.8 Å². The third-order valence-corrected chi connectivity index (χ3v) is 3.19. The van der Waals surface area contributed by atoms with Crippen LogP contribution in [0.1, 0.15) is 10.6 Å². The lowest BCUT2D eigenvalue weighted by atomic mass is 10.4. The lowest BCUT2D eigenvalue weighted by Gasteiger charge is -2.12. The minimum Gasteiger partial charge on any atom is -0.373 e. The van der Waals surface area contributed by atoms with Gasteiger partial charge in [-0.25, -0.2) is 4.58 Å². The number of rotatable bonds is 0. The molecule has 0 N–H and O–H groups in total. The van der Waals surface area contributed by atoms with Crippen molar-refractivity contribution in [2.45, 2.75) is 13.8 Å². The van der Waals surface area contributed by atoms with Crippen LogP contribution in [0.2, 0.25) is 0 Å². The fourth-order valence-electron chi connectivity index (χ4n) is 1.56. The smallest absolute Gasteiger partial charge is 0.373 e. The molecule has 0 unspecified atom stereocenters. The average molecular weight is 211 g/mol. The Labute approximate surface area is 87.7 Å². The Morgan fingerprint density at radius 1 is 1.36 bits per heavy atom. The summed E-state index contributed by atoms with van der Waals surface area (Å²) in [7, 11) is 0. The summed E-state index contributed by atoms with van der Waals surface area (Å²) in [6, 6.07) is 2.12. The summed E-state index contributed by atoms with van der Waals surface area (Å²) in [5, 5.41) is 0. The highest BCUT2D eigenvalue weighted by atomic mass is 32.1. The van der Waals surface area contributed by atoms with Gasteiger partial charge in [0.05, 0.1) is 13.2 Å². The van der Waals surface area contributed by atoms with Crippen molar-refractivity contribution in [1.82, 2.24) is 9.56 Å². The second-order valence-corrected chi connectivity index (χ2v) is 4.71. The van der Waals surface area contributed by atoms with Crippen molar-refractivity contribution in [3.05, 3.63) is 21.4 Å². The maximum atomic E-state index is 5.32. The Bertz CT molecular complexity index is 366. The third-order valence-electron chi connectivity index (χ3n) is 2.22. The summed E-state index contributed by atoms with van der Waals surface area (Å²) >= 11 is 1.76. The Kier molecular flexibility index (Phi) is 2.93. The van der Waals surface area contributed by atoms with Gasteiger partial charge in [-0.3, -0.25) is 0 Å². The van der Waals surface area contributed by atoms with Gasteiger partial charge < -0.3 is 4.74 Å². The molecule has 1 aliphatic heterocycles. The van der Waals surface area contributed by atoms with Gasteiger partial charge in [-0.15, -0.1) is 0 Å². The zero-order valence-corrected chi connectivity index (χ0v) is 9.43. The number of ether oxygens (including phenoxy) is 1. The standard InChI is InChI=1S/C10H15N2OS/c1-8-7-9(2)14-10(11-8)12-3-5-13-6-4-12/h7H,3-6H2,1-2H3/q+1. The molecule has 0 aliphatic carbocycles. The van der Waals surface area contributed by atoms with Gasteiger partial charge in [0, 0.05) is 11.8 Å². The molecule has 76 valence electrons. The number of aryl methyl sites for hydroxylation is 2. The molecular weight excluding hydrogens is 196 g/mol. The fraction of sp³-hybridized carbons (Fsp3) is 0.600. The molecule has 2 heterocycles. The van der Waals surface area contributed by atoms with E-state index in [4.69, 9.17) is 4.74 Å². The van der Waals surface area contributed by atoms with Crippen LogP contribution in [0.15, 0.2) is 6.07 Å². The Hall–Kier alpha value is -0.740. The van der Waals surface area contributed by atoms with Gasteiger partial charge in [-0.2, -0.15) is 0 Å². The average Bonchev–Trinajstić information content (AvgIpc) is 2.18. The van der Waals surface area contributed by atoms with E-state index in [1.165, 1.54) is 4.88 Å². The molecule has 3 nitrogen and oxygen atoms in total. The van der Waals surface area contributed by atoms with Crippen LogP contribution < -0.4 is 9.38 Å². The predicted octanol–water partition coefficient (Wildman–Crippen LogP) is 0.562. The lowest BCUT2D eigenvalue weighted by Crippen LogP contribution is -2.40. The molecule has 0 aromatic carbocycles. The normalized spacial score (nSPS) is 17.1. The van der Waals surface area contributed by atoms with Crippen molar-refractivity contribution in [3.63, 3.8) is 0 Å². The van der Waals surface area contributed by atoms with Crippen molar-refractivity contribution in [2.24, 2.45) is 0 Å². The molecule has 0 bridgehead atoms. The van der Waals surface area contributed by atoms with E-state index in [-0.39, 0.29) is 0 Å². The highest BCUT2D eigenvalue weighted by Gasteiger charge is 2.11. The summed E-state index contributed by atoms with van der Waals surface area (Å²) in [5.41, 5.74) is 1.10. The summed E-state index contributed by atoms with van der Waals surface area (Å²) in [6.45, 7) is 7.74. The molecule has 0 amide bonds. The second kappa shape index (κ2) is 4.19. The first-order chi connectivity index (χ1) is 6.75. The van der Waals surface area contributed by atoms with Crippen LogP contribution in [0.5, 0.6) is 0 Å². The number of morpholine rings is 1. The second-order valence-electron chi connectivity index (χ2n) is 3.49. The zero-order valence-electron chi connectivity index (χ0n) is 8.62. The predicted molar refractivity (Wildman–Crippen MR) is 57.4 cm³/mol. The molecule has 0 radical (unpaired) electrons. The largest absolute Gasteiger partial charge is 0.377 e. The quantitative estimate of drug-likeness (QED) is 0.586. The lowest BCUT2D eigenvalue weighted by molar-refractivity contribution is 0.0964. The van der Waals surface area contributed by atoms with Crippen molar-refractivity contribution >= 4 is 11.3 Å².